The maximum atomic E-state index is 11.8. The number of hydrogen-bond donors (Lipinski definition) is 1. The number of nitrogens with one attached hydrogen (secondary N) is 1. The first-order valence-electron chi connectivity index (χ1n) is 7.35. The Kier molecular flexibility index (Phi) is 6.78. The fourth-order valence-corrected chi connectivity index (χ4v) is 2.33. The minimum atomic E-state index is -0.126. The molecule has 0 aromatic rings. The van der Waals surface area contributed by atoms with Crippen molar-refractivity contribution >= 4 is 5.91 Å². The summed E-state index contributed by atoms with van der Waals surface area (Å²) in [7, 11) is 6.72. The smallest absolute Gasteiger partial charge is 0.246 e. The monoisotopic (exact) mass is 269 g/mol. The van der Waals surface area contributed by atoms with Gasteiger partial charge in [-0.3, -0.25) is 4.79 Å². The summed E-state index contributed by atoms with van der Waals surface area (Å²) in [5.41, 5.74) is 0.455. The maximum absolute atomic E-state index is 11.8. The van der Waals surface area contributed by atoms with Gasteiger partial charge in [-0.25, -0.2) is 0 Å². The first-order valence-corrected chi connectivity index (χ1v) is 7.35. The van der Waals surface area contributed by atoms with Crippen LogP contribution < -0.4 is 5.32 Å². The molecule has 0 aliphatic carbocycles. The summed E-state index contributed by atoms with van der Waals surface area (Å²) >= 11 is 0. The van der Waals surface area contributed by atoms with E-state index < -0.39 is 0 Å². The van der Waals surface area contributed by atoms with Crippen LogP contribution in [-0.2, 0) is 4.79 Å². The predicted octanol–water partition coefficient (Wildman–Crippen LogP) is 3.11. The van der Waals surface area contributed by atoms with E-state index in [9.17, 15) is 4.79 Å². The predicted molar refractivity (Wildman–Crippen MR) is 83.0 cm³/mol. The highest BCUT2D eigenvalue weighted by molar-refractivity contribution is 5.92. The van der Waals surface area contributed by atoms with Crippen LogP contribution in [0, 0.1) is 0 Å². The van der Waals surface area contributed by atoms with E-state index in [4.69, 9.17) is 0 Å². The molecule has 2 atom stereocenters. The van der Waals surface area contributed by atoms with Gasteiger partial charge < -0.3 is 9.80 Å². The summed E-state index contributed by atoms with van der Waals surface area (Å²) in [6, 6.07) is 0.632. The molecule has 0 aromatic heterocycles. The third-order valence-corrected chi connectivity index (χ3v) is 4.18. The molecule has 19 heavy (non-hydrogen) atoms. The van der Waals surface area contributed by atoms with Crippen LogP contribution in [0.1, 0.15) is 53.4 Å². The SMILES string of the molecule is C=C(C)C(=O)NC(C)(CC)CCC(CC)[N+](C)(C)C. The molecule has 3 heteroatoms. The molecule has 0 heterocycles. The molecule has 3 nitrogen and oxygen atoms in total. The number of hydrogen-bond acceptors (Lipinski definition) is 1. The van der Waals surface area contributed by atoms with E-state index in [2.05, 4.69) is 53.8 Å². The fraction of sp³-hybridized carbons (Fsp3) is 0.812. The molecule has 0 bridgehead atoms. The number of amides is 1. The van der Waals surface area contributed by atoms with Gasteiger partial charge in [-0.05, 0) is 33.1 Å². The van der Waals surface area contributed by atoms with Gasteiger partial charge in [-0.2, -0.15) is 0 Å². The second-order valence-electron chi connectivity index (χ2n) is 6.87. The van der Waals surface area contributed by atoms with Gasteiger partial charge in [0, 0.05) is 17.5 Å². The summed E-state index contributed by atoms with van der Waals surface area (Å²) in [6.45, 7) is 12.0. The van der Waals surface area contributed by atoms with Crippen LogP contribution in [0.5, 0.6) is 0 Å². The molecule has 0 fully saturated rings. The molecule has 0 saturated carbocycles. The van der Waals surface area contributed by atoms with Gasteiger partial charge >= 0.3 is 0 Å². The van der Waals surface area contributed by atoms with E-state index in [1.54, 1.807) is 6.92 Å². The fourth-order valence-electron chi connectivity index (χ4n) is 2.33. The average molecular weight is 269 g/mol. The third-order valence-electron chi connectivity index (χ3n) is 4.18. The van der Waals surface area contributed by atoms with Gasteiger partial charge in [0.1, 0.15) is 0 Å². The number of carbonyl (C=O) groups excluding carboxylic acids is 1. The molecule has 1 N–H and O–H groups in total. The Bertz CT molecular complexity index is 317. The van der Waals surface area contributed by atoms with Gasteiger partial charge in [0.2, 0.25) is 5.91 Å². The van der Waals surface area contributed by atoms with Crippen molar-refractivity contribution in [2.24, 2.45) is 0 Å². The largest absolute Gasteiger partial charge is 0.347 e. The van der Waals surface area contributed by atoms with Crippen LogP contribution in [0.3, 0.4) is 0 Å². The van der Waals surface area contributed by atoms with E-state index in [0.717, 1.165) is 30.2 Å². The molecule has 2 unspecified atom stereocenters. The van der Waals surface area contributed by atoms with Gasteiger partial charge in [-0.1, -0.05) is 20.4 Å². The van der Waals surface area contributed by atoms with Crippen LogP contribution in [-0.4, -0.2) is 43.1 Å². The molecule has 0 aromatic carbocycles. The summed E-state index contributed by atoms with van der Waals surface area (Å²) in [5.74, 6) is -0.0253. The van der Waals surface area contributed by atoms with Crippen molar-refractivity contribution in [3.05, 3.63) is 12.2 Å². The Hall–Kier alpha value is -0.830. The highest BCUT2D eigenvalue weighted by atomic mass is 16.1. The van der Waals surface area contributed by atoms with E-state index in [1.165, 1.54) is 0 Å². The van der Waals surface area contributed by atoms with Gasteiger partial charge in [0.15, 0.2) is 0 Å². The molecule has 0 aliphatic rings. The highest BCUT2D eigenvalue weighted by Crippen LogP contribution is 2.22. The lowest BCUT2D eigenvalue weighted by Gasteiger charge is -2.37. The number of carbonyl (C=O) groups is 1. The molecular weight excluding hydrogens is 236 g/mol. The molecular formula is C16H33N2O+. The standard InChI is InChI=1S/C16H32N2O/c1-9-14(18(6,7)8)11-12-16(5,10-2)17-15(19)13(3)4/h14H,3,9-12H2,1-2,4-8H3/p+1. The van der Waals surface area contributed by atoms with Crippen LogP contribution >= 0.6 is 0 Å². The van der Waals surface area contributed by atoms with E-state index in [1.807, 2.05) is 0 Å². The maximum Gasteiger partial charge on any atom is 0.246 e. The van der Waals surface area contributed by atoms with Crippen molar-refractivity contribution in [3.63, 3.8) is 0 Å². The Morgan fingerprint density at radius 2 is 1.84 bits per heavy atom. The zero-order valence-corrected chi connectivity index (χ0v) is 14.0. The van der Waals surface area contributed by atoms with Gasteiger partial charge in [0.25, 0.3) is 0 Å². The van der Waals surface area contributed by atoms with Crippen molar-refractivity contribution < 1.29 is 9.28 Å². The zero-order chi connectivity index (χ0) is 15.3. The van der Waals surface area contributed by atoms with Crippen LogP contribution in [0.15, 0.2) is 12.2 Å². The van der Waals surface area contributed by atoms with Crippen molar-refractivity contribution in [3.8, 4) is 0 Å². The van der Waals surface area contributed by atoms with Crippen LogP contribution in [0.4, 0.5) is 0 Å². The summed E-state index contributed by atoms with van der Waals surface area (Å²) < 4.78 is 0.977. The topological polar surface area (TPSA) is 29.1 Å². The van der Waals surface area contributed by atoms with E-state index in [0.29, 0.717) is 11.6 Å². The zero-order valence-electron chi connectivity index (χ0n) is 14.0. The highest BCUT2D eigenvalue weighted by Gasteiger charge is 2.29. The van der Waals surface area contributed by atoms with Crippen molar-refractivity contribution in [2.75, 3.05) is 21.1 Å². The second kappa shape index (κ2) is 7.09. The Balaban J connectivity index is 4.63. The van der Waals surface area contributed by atoms with Gasteiger partial charge in [-0.15, -0.1) is 0 Å². The molecule has 0 aliphatic heterocycles. The summed E-state index contributed by atoms with van der Waals surface area (Å²) in [5, 5.41) is 3.13. The lowest BCUT2D eigenvalue weighted by molar-refractivity contribution is -0.896. The average Bonchev–Trinajstić information content (AvgIpc) is 2.27. The summed E-state index contributed by atoms with van der Waals surface area (Å²) in [4.78, 5) is 11.8. The first kappa shape index (κ1) is 18.2. The summed E-state index contributed by atoms with van der Waals surface area (Å²) in [6.07, 6.45) is 4.24. The quantitative estimate of drug-likeness (QED) is 0.532. The Labute approximate surface area is 119 Å². The Morgan fingerprint density at radius 3 is 2.16 bits per heavy atom. The van der Waals surface area contributed by atoms with E-state index in [-0.39, 0.29) is 11.4 Å². The van der Waals surface area contributed by atoms with Crippen molar-refractivity contribution in [1.82, 2.24) is 5.32 Å². The minimum Gasteiger partial charge on any atom is -0.347 e. The normalized spacial score (nSPS) is 16.6. The molecule has 0 rings (SSSR count). The van der Waals surface area contributed by atoms with Crippen molar-refractivity contribution in [1.29, 1.82) is 0 Å². The van der Waals surface area contributed by atoms with Gasteiger partial charge in [0.05, 0.1) is 27.2 Å². The molecule has 1 amide bonds. The van der Waals surface area contributed by atoms with E-state index >= 15 is 0 Å². The number of rotatable bonds is 8. The molecule has 0 saturated heterocycles. The lowest BCUT2D eigenvalue weighted by atomic mass is 9.89. The molecule has 0 radical (unpaired) electrons. The number of quaternary nitrogens is 1. The van der Waals surface area contributed by atoms with Crippen LogP contribution in [0.25, 0.3) is 0 Å². The Morgan fingerprint density at radius 1 is 1.32 bits per heavy atom. The first-order chi connectivity index (χ1) is 8.55. The van der Waals surface area contributed by atoms with Crippen LogP contribution in [0.2, 0.25) is 0 Å². The van der Waals surface area contributed by atoms with Crippen molar-refractivity contribution in [2.45, 2.75) is 65.0 Å². The molecule has 112 valence electrons. The lowest BCUT2D eigenvalue weighted by Crippen LogP contribution is -2.49. The second-order valence-corrected chi connectivity index (χ2v) is 6.87. The molecule has 0 spiro atoms. The number of nitrogens with zero attached hydrogens (tertiary/aromatic N) is 1. The minimum absolute atomic E-state index is 0.0253. The third kappa shape index (κ3) is 6.24.